The van der Waals surface area contributed by atoms with Crippen LogP contribution in [0.25, 0.3) is 0 Å². The van der Waals surface area contributed by atoms with Gasteiger partial charge in [0.2, 0.25) is 0 Å². The summed E-state index contributed by atoms with van der Waals surface area (Å²) in [5, 5.41) is 3.03. The molecule has 2 rings (SSSR count). The minimum absolute atomic E-state index is 0.0416. The Bertz CT molecular complexity index is 446. The molecule has 1 aliphatic heterocycles. The summed E-state index contributed by atoms with van der Waals surface area (Å²) in [5.41, 5.74) is 0. The highest BCUT2D eigenvalue weighted by Gasteiger charge is 2.25. The molecule has 1 aromatic heterocycles. The Morgan fingerprint density at radius 2 is 2.45 bits per heavy atom. The number of carbonyl (C=O) groups is 1. The monoisotopic (exact) mass is 316 g/mol. The second kappa shape index (κ2) is 7.29. The average Bonchev–Trinajstić information content (AvgIpc) is 3.07. The summed E-state index contributed by atoms with van der Waals surface area (Å²) in [4.78, 5) is 15.2. The maximum atomic E-state index is 12.3. The highest BCUT2D eigenvalue weighted by Crippen LogP contribution is 2.23. The molecule has 0 aromatic carbocycles. The molecular weight excluding hydrogens is 296 g/mol. The lowest BCUT2D eigenvalue weighted by Gasteiger charge is -2.26. The minimum Gasteiger partial charge on any atom is -0.376 e. The molecule has 0 saturated carbocycles. The van der Waals surface area contributed by atoms with Crippen LogP contribution in [-0.4, -0.2) is 36.2 Å². The van der Waals surface area contributed by atoms with Crippen molar-refractivity contribution in [3.05, 3.63) is 21.3 Å². The molecule has 20 heavy (non-hydrogen) atoms. The molecule has 1 saturated heterocycles. The molecule has 1 fully saturated rings. The standard InChI is InChI=1S/C14H21ClN2O2S/c1-3-17(9-11-6-7-13(15)20-11)14(18)16-10(2)12-5-4-8-19-12/h6-7,10,12H,3-5,8-9H2,1-2H3,(H,16,18). The van der Waals surface area contributed by atoms with Crippen LogP contribution in [0, 0.1) is 0 Å². The lowest BCUT2D eigenvalue weighted by molar-refractivity contribution is 0.0832. The largest absolute Gasteiger partial charge is 0.376 e. The van der Waals surface area contributed by atoms with Crippen LogP contribution < -0.4 is 5.32 Å². The van der Waals surface area contributed by atoms with Crippen LogP contribution in [-0.2, 0) is 11.3 Å². The van der Waals surface area contributed by atoms with Gasteiger partial charge in [0.05, 0.1) is 23.0 Å². The highest BCUT2D eigenvalue weighted by atomic mass is 35.5. The number of nitrogens with one attached hydrogen (secondary N) is 1. The number of rotatable bonds is 5. The first-order chi connectivity index (χ1) is 9.60. The summed E-state index contributed by atoms with van der Waals surface area (Å²) in [7, 11) is 0. The fourth-order valence-corrected chi connectivity index (χ4v) is 3.43. The molecule has 0 bridgehead atoms. The Morgan fingerprint density at radius 3 is 3.00 bits per heavy atom. The van der Waals surface area contributed by atoms with Gasteiger partial charge in [-0.05, 0) is 38.8 Å². The molecule has 1 aromatic rings. The zero-order valence-corrected chi connectivity index (χ0v) is 13.5. The van der Waals surface area contributed by atoms with Gasteiger partial charge in [0, 0.05) is 18.0 Å². The first-order valence-corrected chi connectivity index (χ1v) is 8.21. The number of ether oxygens (including phenoxy) is 1. The first kappa shape index (κ1) is 15.6. The summed E-state index contributed by atoms with van der Waals surface area (Å²) in [6.45, 7) is 6.04. The molecule has 6 heteroatoms. The van der Waals surface area contributed by atoms with Crippen LogP contribution in [0.4, 0.5) is 4.79 Å². The number of halogens is 1. The summed E-state index contributed by atoms with van der Waals surface area (Å²) >= 11 is 7.43. The van der Waals surface area contributed by atoms with E-state index in [2.05, 4.69) is 5.32 Å². The lowest BCUT2D eigenvalue weighted by atomic mass is 10.1. The van der Waals surface area contributed by atoms with E-state index in [4.69, 9.17) is 16.3 Å². The topological polar surface area (TPSA) is 41.6 Å². The quantitative estimate of drug-likeness (QED) is 0.903. The number of carbonyl (C=O) groups excluding carboxylic acids is 1. The Labute approximate surface area is 129 Å². The van der Waals surface area contributed by atoms with Gasteiger partial charge in [-0.3, -0.25) is 0 Å². The molecule has 0 radical (unpaired) electrons. The lowest BCUT2D eigenvalue weighted by Crippen LogP contribution is -2.47. The first-order valence-electron chi connectivity index (χ1n) is 7.01. The molecular formula is C14H21ClN2O2S. The van der Waals surface area contributed by atoms with E-state index >= 15 is 0 Å². The van der Waals surface area contributed by atoms with Crippen molar-refractivity contribution >= 4 is 29.0 Å². The third kappa shape index (κ3) is 4.11. The summed E-state index contributed by atoms with van der Waals surface area (Å²) < 4.78 is 6.36. The van der Waals surface area contributed by atoms with Crippen molar-refractivity contribution in [1.29, 1.82) is 0 Å². The van der Waals surface area contributed by atoms with E-state index in [9.17, 15) is 4.79 Å². The van der Waals surface area contributed by atoms with E-state index in [0.717, 1.165) is 28.7 Å². The van der Waals surface area contributed by atoms with Gasteiger partial charge in [0.15, 0.2) is 0 Å². The van der Waals surface area contributed by atoms with E-state index < -0.39 is 0 Å². The third-order valence-corrected chi connectivity index (χ3v) is 4.73. The second-order valence-electron chi connectivity index (χ2n) is 5.01. The number of hydrogen-bond donors (Lipinski definition) is 1. The predicted octanol–water partition coefficient (Wildman–Crippen LogP) is 3.50. The van der Waals surface area contributed by atoms with Crippen molar-refractivity contribution in [3.8, 4) is 0 Å². The number of hydrogen-bond acceptors (Lipinski definition) is 3. The van der Waals surface area contributed by atoms with Crippen LogP contribution >= 0.6 is 22.9 Å². The molecule has 1 aliphatic rings. The zero-order chi connectivity index (χ0) is 14.5. The maximum absolute atomic E-state index is 12.3. The molecule has 1 N–H and O–H groups in total. The molecule has 2 amide bonds. The summed E-state index contributed by atoms with van der Waals surface area (Å²) in [5.74, 6) is 0. The Hall–Kier alpha value is -0.780. The number of thiophene rings is 1. The SMILES string of the molecule is CCN(Cc1ccc(Cl)s1)C(=O)NC(C)C1CCCO1. The smallest absolute Gasteiger partial charge is 0.318 e. The van der Waals surface area contributed by atoms with Gasteiger partial charge >= 0.3 is 6.03 Å². The fourth-order valence-electron chi connectivity index (χ4n) is 2.33. The van der Waals surface area contributed by atoms with Gasteiger partial charge in [-0.1, -0.05) is 11.6 Å². The van der Waals surface area contributed by atoms with Crippen LogP contribution in [0.2, 0.25) is 4.34 Å². The van der Waals surface area contributed by atoms with Gasteiger partial charge in [0.25, 0.3) is 0 Å². The van der Waals surface area contributed by atoms with Gasteiger partial charge < -0.3 is 15.0 Å². The van der Waals surface area contributed by atoms with Crippen molar-refractivity contribution in [2.45, 2.75) is 45.4 Å². The van der Waals surface area contributed by atoms with E-state index in [1.54, 1.807) is 4.90 Å². The fraction of sp³-hybridized carbons (Fsp3) is 0.643. The number of amides is 2. The Morgan fingerprint density at radius 1 is 1.65 bits per heavy atom. The number of urea groups is 1. The van der Waals surface area contributed by atoms with Crippen LogP contribution in [0.5, 0.6) is 0 Å². The molecule has 2 unspecified atom stereocenters. The van der Waals surface area contributed by atoms with Crippen molar-refractivity contribution < 1.29 is 9.53 Å². The zero-order valence-electron chi connectivity index (χ0n) is 11.9. The summed E-state index contributed by atoms with van der Waals surface area (Å²) in [6, 6.07) is 3.83. The van der Waals surface area contributed by atoms with Crippen molar-refractivity contribution in [2.24, 2.45) is 0 Å². The normalized spacial score (nSPS) is 19.9. The van der Waals surface area contributed by atoms with E-state index in [1.165, 1.54) is 11.3 Å². The van der Waals surface area contributed by atoms with Crippen molar-refractivity contribution in [3.63, 3.8) is 0 Å². The van der Waals surface area contributed by atoms with Crippen molar-refractivity contribution in [1.82, 2.24) is 10.2 Å². The average molecular weight is 317 g/mol. The molecule has 112 valence electrons. The second-order valence-corrected chi connectivity index (χ2v) is 6.81. The van der Waals surface area contributed by atoms with Crippen molar-refractivity contribution in [2.75, 3.05) is 13.2 Å². The predicted molar refractivity (Wildman–Crippen MR) is 82.4 cm³/mol. The molecule has 0 aliphatic carbocycles. The Balaban J connectivity index is 1.87. The van der Waals surface area contributed by atoms with Gasteiger partial charge in [-0.15, -0.1) is 11.3 Å². The molecule has 0 spiro atoms. The maximum Gasteiger partial charge on any atom is 0.318 e. The van der Waals surface area contributed by atoms with E-state index in [1.807, 2.05) is 26.0 Å². The number of nitrogens with zero attached hydrogens (tertiary/aromatic N) is 1. The minimum atomic E-state index is -0.0416. The van der Waals surface area contributed by atoms with Gasteiger partial charge in [0.1, 0.15) is 0 Å². The van der Waals surface area contributed by atoms with Crippen LogP contribution in [0.3, 0.4) is 0 Å². The molecule has 4 nitrogen and oxygen atoms in total. The molecule has 2 heterocycles. The van der Waals surface area contributed by atoms with Crippen LogP contribution in [0.1, 0.15) is 31.6 Å². The molecule has 2 atom stereocenters. The highest BCUT2D eigenvalue weighted by molar-refractivity contribution is 7.16. The van der Waals surface area contributed by atoms with Crippen LogP contribution in [0.15, 0.2) is 12.1 Å². The van der Waals surface area contributed by atoms with Gasteiger partial charge in [-0.25, -0.2) is 4.79 Å². The summed E-state index contributed by atoms with van der Waals surface area (Å²) in [6.07, 6.45) is 2.25. The van der Waals surface area contributed by atoms with Gasteiger partial charge in [-0.2, -0.15) is 0 Å². The van der Waals surface area contributed by atoms with E-state index in [0.29, 0.717) is 13.1 Å². The third-order valence-electron chi connectivity index (χ3n) is 3.52. The van der Waals surface area contributed by atoms with E-state index in [-0.39, 0.29) is 18.2 Å². The Kier molecular flexibility index (Phi) is 5.69.